The number of fused-ring (bicyclic) bond motifs is 1. The SMILES string of the molecule is C[C@H]1OO[C@H]2CC(=O)[C@H]3[C@H]2[C@H]31. The van der Waals surface area contributed by atoms with Crippen molar-refractivity contribution in [3.8, 4) is 0 Å². The number of hydrogen-bond donors (Lipinski definition) is 0. The van der Waals surface area contributed by atoms with Gasteiger partial charge in [-0.05, 0) is 6.92 Å². The quantitative estimate of drug-likeness (QED) is 0.478. The lowest BCUT2D eigenvalue weighted by molar-refractivity contribution is -0.372. The van der Waals surface area contributed by atoms with Gasteiger partial charge >= 0.3 is 0 Å². The topological polar surface area (TPSA) is 35.5 Å². The molecule has 1 heterocycles. The smallest absolute Gasteiger partial charge is 0.139 e. The van der Waals surface area contributed by atoms with E-state index in [-0.39, 0.29) is 18.1 Å². The summed E-state index contributed by atoms with van der Waals surface area (Å²) in [5, 5.41) is 0. The predicted octanol–water partition coefficient (Wildman–Crippen LogP) is 0.540. The van der Waals surface area contributed by atoms with E-state index in [2.05, 4.69) is 0 Å². The summed E-state index contributed by atoms with van der Waals surface area (Å²) in [7, 11) is 0. The Bertz CT molecular complexity index is 221. The Morgan fingerprint density at radius 1 is 1.36 bits per heavy atom. The average Bonchev–Trinajstić information content (AvgIpc) is 2.63. The van der Waals surface area contributed by atoms with E-state index in [1.54, 1.807) is 0 Å². The maximum absolute atomic E-state index is 11.2. The molecule has 0 N–H and O–H groups in total. The summed E-state index contributed by atoms with van der Waals surface area (Å²) in [5.74, 6) is 1.67. The standard InChI is InChI=1S/C8H10O3/c1-3-6-7-4(9)2-5(8(6)7)11-10-3/h3,5-8H,2H2,1H3/t3-,5+,6+,7-,8-/m1/s1. The van der Waals surface area contributed by atoms with Gasteiger partial charge < -0.3 is 0 Å². The van der Waals surface area contributed by atoms with Crippen LogP contribution in [0, 0.1) is 17.8 Å². The zero-order chi connectivity index (χ0) is 7.59. The minimum absolute atomic E-state index is 0.0914. The van der Waals surface area contributed by atoms with Gasteiger partial charge in [-0.25, -0.2) is 9.78 Å². The molecule has 0 radical (unpaired) electrons. The molecule has 0 bridgehead atoms. The monoisotopic (exact) mass is 154 g/mol. The molecule has 2 saturated carbocycles. The first kappa shape index (κ1) is 6.14. The maximum atomic E-state index is 11.2. The highest BCUT2D eigenvalue weighted by molar-refractivity contribution is 5.88. The fraction of sp³-hybridized carbons (Fsp3) is 0.875. The minimum atomic E-state index is 0.0914. The molecule has 3 nitrogen and oxygen atoms in total. The zero-order valence-corrected chi connectivity index (χ0v) is 6.32. The highest BCUT2D eigenvalue weighted by Crippen LogP contribution is 2.60. The molecule has 60 valence electrons. The van der Waals surface area contributed by atoms with Crippen LogP contribution in [0.25, 0.3) is 0 Å². The fourth-order valence-electron chi connectivity index (χ4n) is 2.66. The van der Waals surface area contributed by atoms with Gasteiger partial charge in [0.05, 0.1) is 6.10 Å². The van der Waals surface area contributed by atoms with Crippen LogP contribution in [0.3, 0.4) is 0 Å². The average molecular weight is 154 g/mol. The van der Waals surface area contributed by atoms with Gasteiger partial charge in [0.2, 0.25) is 0 Å². The van der Waals surface area contributed by atoms with Crippen molar-refractivity contribution in [2.24, 2.45) is 17.8 Å². The van der Waals surface area contributed by atoms with Gasteiger partial charge in [0.25, 0.3) is 0 Å². The Balaban J connectivity index is 1.93. The first-order valence-electron chi connectivity index (χ1n) is 4.14. The normalized spacial score (nSPS) is 59.4. The van der Waals surface area contributed by atoms with Crippen LogP contribution in [0.1, 0.15) is 13.3 Å². The third kappa shape index (κ3) is 0.590. The lowest BCUT2D eigenvalue weighted by Gasteiger charge is -2.24. The van der Waals surface area contributed by atoms with E-state index in [1.807, 2.05) is 6.92 Å². The Kier molecular flexibility index (Phi) is 0.932. The Hall–Kier alpha value is -0.410. The van der Waals surface area contributed by atoms with E-state index < -0.39 is 0 Å². The van der Waals surface area contributed by atoms with Crippen molar-refractivity contribution in [1.82, 2.24) is 0 Å². The summed E-state index contributed by atoms with van der Waals surface area (Å²) in [6.45, 7) is 1.98. The van der Waals surface area contributed by atoms with Crippen LogP contribution in [0.5, 0.6) is 0 Å². The van der Waals surface area contributed by atoms with Crippen molar-refractivity contribution in [2.75, 3.05) is 0 Å². The number of hydrogen-bond acceptors (Lipinski definition) is 3. The maximum Gasteiger partial charge on any atom is 0.139 e. The van der Waals surface area contributed by atoms with E-state index in [9.17, 15) is 4.79 Å². The molecule has 3 rings (SSSR count). The molecule has 3 heteroatoms. The summed E-state index contributed by atoms with van der Waals surface area (Å²) < 4.78 is 0. The van der Waals surface area contributed by atoms with Gasteiger partial charge in [0.15, 0.2) is 0 Å². The second-order valence-electron chi connectivity index (χ2n) is 3.79. The molecule has 3 fully saturated rings. The Morgan fingerprint density at radius 3 is 2.91 bits per heavy atom. The van der Waals surface area contributed by atoms with Crippen molar-refractivity contribution in [3.63, 3.8) is 0 Å². The van der Waals surface area contributed by atoms with Crippen LogP contribution < -0.4 is 0 Å². The molecule has 0 aromatic rings. The van der Waals surface area contributed by atoms with E-state index >= 15 is 0 Å². The zero-order valence-electron chi connectivity index (χ0n) is 6.32. The summed E-state index contributed by atoms with van der Waals surface area (Å²) in [4.78, 5) is 21.4. The second-order valence-corrected chi connectivity index (χ2v) is 3.79. The van der Waals surface area contributed by atoms with Crippen LogP contribution >= 0.6 is 0 Å². The van der Waals surface area contributed by atoms with Gasteiger partial charge in [-0.1, -0.05) is 0 Å². The van der Waals surface area contributed by atoms with Gasteiger partial charge in [0.1, 0.15) is 11.9 Å². The predicted molar refractivity (Wildman–Crippen MR) is 35.5 cm³/mol. The van der Waals surface area contributed by atoms with Crippen molar-refractivity contribution in [3.05, 3.63) is 0 Å². The summed E-state index contributed by atoms with van der Waals surface area (Å²) >= 11 is 0. The van der Waals surface area contributed by atoms with Crippen LogP contribution in [-0.2, 0) is 14.6 Å². The molecule has 1 saturated heterocycles. The van der Waals surface area contributed by atoms with Crippen molar-refractivity contribution in [2.45, 2.75) is 25.6 Å². The number of carbonyl (C=O) groups excluding carboxylic acids is 1. The molecule has 0 spiro atoms. The van der Waals surface area contributed by atoms with Gasteiger partial charge in [0, 0.05) is 24.2 Å². The molecule has 5 atom stereocenters. The van der Waals surface area contributed by atoms with Crippen LogP contribution in [0.4, 0.5) is 0 Å². The number of ketones is 1. The molecule has 0 amide bonds. The summed E-state index contributed by atoms with van der Waals surface area (Å²) in [6, 6.07) is 0. The Morgan fingerprint density at radius 2 is 2.18 bits per heavy atom. The molecule has 0 unspecified atom stereocenters. The summed E-state index contributed by atoms with van der Waals surface area (Å²) in [5.41, 5.74) is 0. The van der Waals surface area contributed by atoms with E-state index in [1.165, 1.54) is 0 Å². The van der Waals surface area contributed by atoms with Crippen LogP contribution in [-0.4, -0.2) is 18.0 Å². The van der Waals surface area contributed by atoms with Crippen molar-refractivity contribution < 1.29 is 14.6 Å². The Labute approximate surface area is 64.6 Å². The first-order chi connectivity index (χ1) is 5.29. The summed E-state index contributed by atoms with van der Waals surface area (Å²) in [6.07, 6.45) is 0.803. The largest absolute Gasteiger partial charge is 0.299 e. The lowest BCUT2D eigenvalue weighted by atomic mass is 10.0. The molecule has 0 aromatic carbocycles. The number of rotatable bonds is 0. The highest BCUT2D eigenvalue weighted by atomic mass is 17.2. The van der Waals surface area contributed by atoms with Crippen LogP contribution in [0.2, 0.25) is 0 Å². The molecule has 11 heavy (non-hydrogen) atoms. The van der Waals surface area contributed by atoms with Crippen LogP contribution in [0.15, 0.2) is 0 Å². The molecular weight excluding hydrogens is 144 g/mol. The van der Waals surface area contributed by atoms with Crippen molar-refractivity contribution in [1.29, 1.82) is 0 Å². The van der Waals surface area contributed by atoms with Gasteiger partial charge in [-0.3, -0.25) is 4.79 Å². The molecule has 0 aromatic heterocycles. The van der Waals surface area contributed by atoms with E-state index in [0.29, 0.717) is 24.0 Å². The number of Topliss-reactive ketones (excluding diaryl/α,β-unsaturated/α-hetero) is 1. The van der Waals surface area contributed by atoms with E-state index in [0.717, 1.165) is 0 Å². The second kappa shape index (κ2) is 1.67. The first-order valence-corrected chi connectivity index (χ1v) is 4.14. The molecule has 1 aliphatic heterocycles. The fourth-order valence-corrected chi connectivity index (χ4v) is 2.66. The van der Waals surface area contributed by atoms with Gasteiger partial charge in [-0.2, -0.15) is 0 Å². The third-order valence-corrected chi connectivity index (χ3v) is 3.21. The minimum Gasteiger partial charge on any atom is -0.299 e. The van der Waals surface area contributed by atoms with E-state index in [4.69, 9.17) is 9.78 Å². The van der Waals surface area contributed by atoms with Crippen molar-refractivity contribution >= 4 is 5.78 Å². The van der Waals surface area contributed by atoms with Gasteiger partial charge in [-0.15, -0.1) is 0 Å². The molecule has 3 aliphatic rings. The third-order valence-electron chi connectivity index (χ3n) is 3.21. The molecular formula is C8H10O3. The highest BCUT2D eigenvalue weighted by Gasteiger charge is 2.68. The number of carbonyl (C=O) groups is 1. The lowest BCUT2D eigenvalue weighted by Crippen LogP contribution is -2.30. The molecule has 2 aliphatic carbocycles.